The number of nitrogens with two attached hydrogens (primary N) is 1. The number of hydrogen-bond donors (Lipinski definition) is 1. The molecule has 0 aliphatic rings. The van der Waals surface area contributed by atoms with Crippen molar-refractivity contribution < 1.29 is 4.39 Å². The summed E-state index contributed by atoms with van der Waals surface area (Å²) in [5.74, 6) is -0.517. The van der Waals surface area contributed by atoms with Crippen molar-refractivity contribution in [3.05, 3.63) is 39.6 Å². The van der Waals surface area contributed by atoms with Gasteiger partial charge in [-0.25, -0.2) is 4.39 Å². The Labute approximate surface area is 85.9 Å². The lowest BCUT2D eigenvalue weighted by atomic mass is 10.2. The monoisotopic (exact) mass is 219 g/mol. The molecule has 13 heavy (non-hydrogen) atoms. The van der Waals surface area contributed by atoms with Gasteiger partial charge in [-0.15, -0.1) is 0 Å². The molecular formula is C9H8Cl2FN. The summed E-state index contributed by atoms with van der Waals surface area (Å²) < 4.78 is 12.8. The van der Waals surface area contributed by atoms with E-state index in [2.05, 4.69) is 0 Å². The first-order valence-corrected chi connectivity index (χ1v) is 4.42. The second-order valence-electron chi connectivity index (χ2n) is 2.43. The minimum absolute atomic E-state index is 0.0565. The Morgan fingerprint density at radius 1 is 1.31 bits per heavy atom. The second kappa shape index (κ2) is 4.61. The summed E-state index contributed by atoms with van der Waals surface area (Å²) in [7, 11) is 0. The van der Waals surface area contributed by atoms with Gasteiger partial charge in [0, 0.05) is 6.54 Å². The molecule has 0 heterocycles. The van der Waals surface area contributed by atoms with E-state index in [0.29, 0.717) is 17.1 Å². The van der Waals surface area contributed by atoms with Crippen molar-refractivity contribution in [2.45, 2.75) is 0 Å². The van der Waals surface area contributed by atoms with E-state index in [9.17, 15) is 4.39 Å². The van der Waals surface area contributed by atoms with Crippen molar-refractivity contribution in [2.24, 2.45) is 5.73 Å². The van der Waals surface area contributed by atoms with Crippen LogP contribution in [0.2, 0.25) is 10.0 Å². The quantitative estimate of drug-likeness (QED) is 0.761. The van der Waals surface area contributed by atoms with Crippen LogP contribution in [0.15, 0.2) is 18.2 Å². The number of benzene rings is 1. The van der Waals surface area contributed by atoms with E-state index in [1.54, 1.807) is 12.2 Å². The van der Waals surface area contributed by atoms with Gasteiger partial charge in [0.25, 0.3) is 0 Å². The highest BCUT2D eigenvalue weighted by molar-refractivity contribution is 6.34. The van der Waals surface area contributed by atoms with E-state index >= 15 is 0 Å². The molecule has 1 aromatic rings. The van der Waals surface area contributed by atoms with Crippen LogP contribution in [0.3, 0.4) is 0 Å². The van der Waals surface area contributed by atoms with Crippen molar-refractivity contribution in [3.8, 4) is 0 Å². The molecule has 0 saturated heterocycles. The van der Waals surface area contributed by atoms with Gasteiger partial charge >= 0.3 is 0 Å². The lowest BCUT2D eigenvalue weighted by Crippen LogP contribution is -1.92. The average molecular weight is 220 g/mol. The lowest BCUT2D eigenvalue weighted by molar-refractivity contribution is 0.628. The van der Waals surface area contributed by atoms with Gasteiger partial charge in [0.2, 0.25) is 0 Å². The largest absolute Gasteiger partial charge is 0.327 e. The summed E-state index contributed by atoms with van der Waals surface area (Å²) in [6, 6.07) is 2.64. The van der Waals surface area contributed by atoms with Crippen LogP contribution in [0.5, 0.6) is 0 Å². The van der Waals surface area contributed by atoms with Crippen molar-refractivity contribution in [1.29, 1.82) is 0 Å². The van der Waals surface area contributed by atoms with Gasteiger partial charge < -0.3 is 5.73 Å². The molecule has 0 aromatic heterocycles. The normalized spacial score (nSPS) is 11.1. The zero-order valence-corrected chi connectivity index (χ0v) is 8.24. The molecule has 0 amide bonds. The first-order valence-electron chi connectivity index (χ1n) is 3.66. The summed E-state index contributed by atoms with van der Waals surface area (Å²) >= 11 is 11.3. The maximum absolute atomic E-state index is 12.8. The van der Waals surface area contributed by atoms with Gasteiger partial charge in [-0.3, -0.25) is 0 Å². The van der Waals surface area contributed by atoms with Crippen LogP contribution in [-0.2, 0) is 0 Å². The molecule has 1 rings (SSSR count). The van der Waals surface area contributed by atoms with Gasteiger partial charge in [-0.05, 0) is 17.7 Å². The SMILES string of the molecule is NC/C=C/c1cc(Cl)c(F)cc1Cl. The van der Waals surface area contributed by atoms with Crippen LogP contribution >= 0.6 is 23.2 Å². The fourth-order valence-corrected chi connectivity index (χ4v) is 1.25. The summed E-state index contributed by atoms with van der Waals surface area (Å²) in [6.45, 7) is 0.408. The number of hydrogen-bond acceptors (Lipinski definition) is 1. The van der Waals surface area contributed by atoms with Crippen molar-refractivity contribution >= 4 is 29.3 Å². The third kappa shape index (κ3) is 2.69. The molecule has 0 unspecified atom stereocenters. The van der Waals surface area contributed by atoms with Crippen LogP contribution in [0.25, 0.3) is 6.08 Å². The fraction of sp³-hybridized carbons (Fsp3) is 0.111. The second-order valence-corrected chi connectivity index (χ2v) is 3.24. The van der Waals surface area contributed by atoms with Crippen molar-refractivity contribution in [2.75, 3.05) is 6.54 Å². The minimum Gasteiger partial charge on any atom is -0.327 e. The Morgan fingerprint density at radius 3 is 2.62 bits per heavy atom. The Kier molecular flexibility index (Phi) is 3.72. The van der Waals surface area contributed by atoms with Gasteiger partial charge in [-0.2, -0.15) is 0 Å². The Hall–Kier alpha value is -0.570. The number of rotatable bonds is 2. The maximum Gasteiger partial charge on any atom is 0.143 e. The average Bonchev–Trinajstić information content (AvgIpc) is 2.09. The Morgan fingerprint density at radius 2 is 2.00 bits per heavy atom. The molecule has 0 bridgehead atoms. The maximum atomic E-state index is 12.8. The summed E-state index contributed by atoms with van der Waals surface area (Å²) in [5.41, 5.74) is 5.92. The highest BCUT2D eigenvalue weighted by atomic mass is 35.5. The third-order valence-corrected chi connectivity index (χ3v) is 2.09. The van der Waals surface area contributed by atoms with E-state index in [-0.39, 0.29) is 5.02 Å². The number of halogens is 3. The molecule has 0 spiro atoms. The molecule has 0 saturated carbocycles. The van der Waals surface area contributed by atoms with E-state index in [1.807, 2.05) is 0 Å². The summed E-state index contributed by atoms with van der Waals surface area (Å²) in [5, 5.41) is 0.382. The van der Waals surface area contributed by atoms with Gasteiger partial charge in [-0.1, -0.05) is 35.4 Å². The van der Waals surface area contributed by atoms with Crippen molar-refractivity contribution in [1.82, 2.24) is 0 Å². The molecule has 1 nitrogen and oxygen atoms in total. The topological polar surface area (TPSA) is 26.0 Å². The van der Waals surface area contributed by atoms with Crippen molar-refractivity contribution in [3.63, 3.8) is 0 Å². The van der Waals surface area contributed by atoms with E-state index < -0.39 is 5.82 Å². The summed E-state index contributed by atoms with van der Waals surface area (Å²) in [6.07, 6.45) is 3.42. The third-order valence-electron chi connectivity index (χ3n) is 1.47. The minimum atomic E-state index is -0.517. The van der Waals surface area contributed by atoms with Crippen LogP contribution in [0.1, 0.15) is 5.56 Å². The zero-order valence-electron chi connectivity index (χ0n) is 6.73. The van der Waals surface area contributed by atoms with Gasteiger partial charge in [0.1, 0.15) is 5.82 Å². The molecule has 0 atom stereocenters. The van der Waals surface area contributed by atoms with Crippen LogP contribution < -0.4 is 5.73 Å². The Bertz CT molecular complexity index is 337. The van der Waals surface area contributed by atoms with E-state index in [1.165, 1.54) is 12.1 Å². The molecule has 2 N–H and O–H groups in total. The molecule has 4 heteroatoms. The summed E-state index contributed by atoms with van der Waals surface area (Å²) in [4.78, 5) is 0. The lowest BCUT2D eigenvalue weighted by Gasteiger charge is -2.00. The highest BCUT2D eigenvalue weighted by Crippen LogP contribution is 2.24. The predicted molar refractivity (Wildman–Crippen MR) is 54.5 cm³/mol. The molecule has 0 radical (unpaired) electrons. The molecule has 0 aliphatic heterocycles. The first kappa shape index (κ1) is 10.5. The van der Waals surface area contributed by atoms with E-state index in [4.69, 9.17) is 28.9 Å². The van der Waals surface area contributed by atoms with Gasteiger partial charge in [0.05, 0.1) is 10.0 Å². The van der Waals surface area contributed by atoms with Crippen LogP contribution in [0.4, 0.5) is 4.39 Å². The molecule has 1 aromatic carbocycles. The van der Waals surface area contributed by atoms with E-state index in [0.717, 1.165) is 0 Å². The fourth-order valence-electron chi connectivity index (χ4n) is 0.861. The predicted octanol–water partition coefficient (Wildman–Crippen LogP) is 3.10. The van der Waals surface area contributed by atoms with Gasteiger partial charge in [0.15, 0.2) is 0 Å². The van der Waals surface area contributed by atoms with Crippen LogP contribution in [0, 0.1) is 5.82 Å². The molecule has 0 aliphatic carbocycles. The Balaban J connectivity index is 3.08. The smallest absolute Gasteiger partial charge is 0.143 e. The molecule has 0 fully saturated rings. The standard InChI is InChI=1S/C9H8Cl2FN/c10-7-5-9(12)8(11)4-6(7)2-1-3-13/h1-2,4-5H,3,13H2/b2-1+. The first-order chi connectivity index (χ1) is 6.15. The highest BCUT2D eigenvalue weighted by Gasteiger charge is 2.03. The molecule has 70 valence electrons. The van der Waals surface area contributed by atoms with Crippen LogP contribution in [-0.4, -0.2) is 6.54 Å². The zero-order chi connectivity index (χ0) is 9.84. The molecular weight excluding hydrogens is 212 g/mol.